The second kappa shape index (κ2) is 7.19. The number of rotatable bonds is 4. The Kier molecular flexibility index (Phi) is 5.01. The molecule has 0 aliphatic heterocycles. The van der Waals surface area contributed by atoms with Crippen LogP contribution in [0.2, 0.25) is 0 Å². The summed E-state index contributed by atoms with van der Waals surface area (Å²) in [5, 5.41) is 0.981. The first-order chi connectivity index (χ1) is 11.6. The maximum atomic E-state index is 12.9. The van der Waals surface area contributed by atoms with Gasteiger partial charge in [0.15, 0.2) is 5.16 Å². The fraction of sp³-hybridized carbons (Fsp3) is 0.118. The molecule has 0 unspecified atom stereocenters. The average molecular weight is 405 g/mol. The standard InChI is InChI=1S/C17H13BrN2O3S/c1-23-15(21)10-24-17-19-14-5-3-2-4-13(14)16(22)20(17)12-8-6-11(18)7-9-12/h2-9H,10H2,1H3. The van der Waals surface area contributed by atoms with Gasteiger partial charge < -0.3 is 4.74 Å². The molecule has 1 aromatic heterocycles. The molecule has 0 N–H and O–H groups in total. The van der Waals surface area contributed by atoms with Crippen molar-refractivity contribution in [2.75, 3.05) is 12.9 Å². The van der Waals surface area contributed by atoms with Gasteiger partial charge >= 0.3 is 5.97 Å². The summed E-state index contributed by atoms with van der Waals surface area (Å²) < 4.78 is 7.10. The second-order valence-corrected chi connectivity index (χ2v) is 6.75. The van der Waals surface area contributed by atoms with Crippen molar-refractivity contribution in [1.29, 1.82) is 0 Å². The van der Waals surface area contributed by atoms with Crippen LogP contribution in [-0.4, -0.2) is 28.4 Å². The SMILES string of the molecule is COC(=O)CSc1nc2ccccc2c(=O)n1-c1ccc(Br)cc1. The Hall–Kier alpha value is -2.12. The molecule has 122 valence electrons. The molecule has 0 spiro atoms. The van der Waals surface area contributed by atoms with Crippen molar-refractivity contribution in [3.05, 3.63) is 63.4 Å². The highest BCUT2D eigenvalue weighted by atomic mass is 79.9. The summed E-state index contributed by atoms with van der Waals surface area (Å²) in [6, 6.07) is 14.5. The number of hydrogen-bond donors (Lipinski definition) is 0. The zero-order chi connectivity index (χ0) is 17.1. The Morgan fingerprint density at radius 3 is 2.62 bits per heavy atom. The Morgan fingerprint density at radius 1 is 1.21 bits per heavy atom. The van der Waals surface area contributed by atoms with Gasteiger partial charge in [-0.25, -0.2) is 4.98 Å². The predicted molar refractivity (Wildman–Crippen MR) is 97.8 cm³/mol. The number of hydrogen-bond acceptors (Lipinski definition) is 5. The van der Waals surface area contributed by atoms with E-state index in [0.29, 0.717) is 21.7 Å². The molecule has 7 heteroatoms. The van der Waals surface area contributed by atoms with Crippen LogP contribution in [0, 0.1) is 0 Å². The summed E-state index contributed by atoms with van der Waals surface area (Å²) in [4.78, 5) is 28.9. The number of halogens is 1. The van der Waals surface area contributed by atoms with Gasteiger partial charge in [-0.1, -0.05) is 39.8 Å². The molecule has 5 nitrogen and oxygen atoms in total. The van der Waals surface area contributed by atoms with E-state index in [-0.39, 0.29) is 17.3 Å². The molecule has 24 heavy (non-hydrogen) atoms. The number of nitrogens with zero attached hydrogens (tertiary/aromatic N) is 2. The normalized spacial score (nSPS) is 10.8. The minimum absolute atomic E-state index is 0.0812. The number of para-hydroxylation sites is 1. The van der Waals surface area contributed by atoms with Crippen LogP contribution in [0.3, 0.4) is 0 Å². The lowest BCUT2D eigenvalue weighted by Crippen LogP contribution is -2.22. The number of methoxy groups -OCH3 is 1. The van der Waals surface area contributed by atoms with Crippen LogP contribution in [0.1, 0.15) is 0 Å². The molecule has 0 radical (unpaired) electrons. The van der Waals surface area contributed by atoms with Crippen molar-refractivity contribution in [2.45, 2.75) is 5.16 Å². The van der Waals surface area contributed by atoms with E-state index >= 15 is 0 Å². The van der Waals surface area contributed by atoms with Gasteiger partial charge in [-0.2, -0.15) is 0 Å². The third-order valence-corrected chi connectivity index (χ3v) is 4.82. The zero-order valence-corrected chi connectivity index (χ0v) is 15.1. The van der Waals surface area contributed by atoms with Crippen LogP contribution in [0.4, 0.5) is 0 Å². The first-order valence-corrected chi connectivity index (χ1v) is 8.85. The molecular weight excluding hydrogens is 392 g/mol. The Labute approximate surface area is 150 Å². The Bertz CT molecular complexity index is 954. The van der Waals surface area contributed by atoms with Gasteiger partial charge in [-0.3, -0.25) is 14.2 Å². The van der Waals surface area contributed by atoms with E-state index in [0.717, 1.165) is 4.47 Å². The summed E-state index contributed by atoms with van der Waals surface area (Å²) in [5.41, 5.74) is 1.12. The van der Waals surface area contributed by atoms with Crippen LogP contribution in [0.25, 0.3) is 16.6 Å². The van der Waals surface area contributed by atoms with E-state index in [4.69, 9.17) is 0 Å². The molecule has 0 aliphatic carbocycles. The Balaban J connectivity index is 2.19. The molecular formula is C17H13BrN2O3S. The van der Waals surface area contributed by atoms with Gasteiger partial charge in [-0.15, -0.1) is 0 Å². The summed E-state index contributed by atoms with van der Waals surface area (Å²) in [6.45, 7) is 0. The van der Waals surface area contributed by atoms with Gasteiger partial charge in [0.1, 0.15) is 0 Å². The monoisotopic (exact) mass is 404 g/mol. The molecule has 1 heterocycles. The van der Waals surface area contributed by atoms with Crippen molar-refractivity contribution in [2.24, 2.45) is 0 Å². The number of esters is 1. The van der Waals surface area contributed by atoms with Crippen molar-refractivity contribution in [1.82, 2.24) is 9.55 Å². The van der Waals surface area contributed by atoms with E-state index in [1.807, 2.05) is 30.3 Å². The highest BCUT2D eigenvalue weighted by Crippen LogP contribution is 2.22. The third-order valence-electron chi connectivity index (χ3n) is 3.38. The molecule has 0 bridgehead atoms. The largest absolute Gasteiger partial charge is 0.468 e. The van der Waals surface area contributed by atoms with Crippen LogP contribution in [0.5, 0.6) is 0 Å². The molecule has 2 aromatic carbocycles. The summed E-state index contributed by atoms with van der Waals surface area (Å²) in [7, 11) is 1.33. The first kappa shape index (κ1) is 16.7. The van der Waals surface area contributed by atoms with Gasteiger partial charge in [0.25, 0.3) is 5.56 Å². The van der Waals surface area contributed by atoms with Crippen molar-refractivity contribution in [3.8, 4) is 5.69 Å². The lowest BCUT2D eigenvalue weighted by molar-refractivity contribution is -0.137. The summed E-state index contributed by atoms with van der Waals surface area (Å²) >= 11 is 4.56. The zero-order valence-electron chi connectivity index (χ0n) is 12.7. The molecule has 0 saturated heterocycles. The van der Waals surface area contributed by atoms with E-state index in [2.05, 4.69) is 25.7 Å². The summed E-state index contributed by atoms with van der Waals surface area (Å²) in [6.07, 6.45) is 0. The minimum atomic E-state index is -0.371. The highest BCUT2D eigenvalue weighted by Gasteiger charge is 2.14. The van der Waals surface area contributed by atoms with Gasteiger partial charge in [0.2, 0.25) is 0 Å². The number of fused-ring (bicyclic) bond motifs is 1. The second-order valence-electron chi connectivity index (χ2n) is 4.89. The van der Waals surface area contributed by atoms with E-state index < -0.39 is 0 Å². The molecule has 0 saturated carbocycles. The fourth-order valence-corrected chi connectivity index (χ4v) is 3.32. The van der Waals surface area contributed by atoms with E-state index in [1.165, 1.54) is 23.4 Å². The van der Waals surface area contributed by atoms with Crippen LogP contribution in [0.15, 0.2) is 63.0 Å². The van der Waals surface area contributed by atoms with E-state index in [1.54, 1.807) is 18.2 Å². The predicted octanol–water partition coefficient (Wildman–Crippen LogP) is 3.41. The summed E-state index contributed by atoms with van der Waals surface area (Å²) in [5.74, 6) is -0.289. The lowest BCUT2D eigenvalue weighted by atomic mass is 10.2. The Morgan fingerprint density at radius 2 is 1.92 bits per heavy atom. The average Bonchev–Trinajstić information content (AvgIpc) is 2.61. The maximum absolute atomic E-state index is 12.9. The molecule has 0 aliphatic rings. The quantitative estimate of drug-likeness (QED) is 0.378. The maximum Gasteiger partial charge on any atom is 0.316 e. The molecule has 0 fully saturated rings. The first-order valence-electron chi connectivity index (χ1n) is 7.07. The number of benzene rings is 2. The van der Waals surface area contributed by atoms with Crippen molar-refractivity contribution >= 4 is 44.6 Å². The minimum Gasteiger partial charge on any atom is -0.468 e. The van der Waals surface area contributed by atoms with Crippen molar-refractivity contribution < 1.29 is 9.53 Å². The smallest absolute Gasteiger partial charge is 0.316 e. The molecule has 0 amide bonds. The number of thioether (sulfide) groups is 1. The van der Waals surface area contributed by atoms with Gasteiger partial charge in [-0.05, 0) is 36.4 Å². The van der Waals surface area contributed by atoms with Crippen LogP contribution < -0.4 is 5.56 Å². The van der Waals surface area contributed by atoms with E-state index in [9.17, 15) is 9.59 Å². The number of ether oxygens (including phenoxy) is 1. The third kappa shape index (κ3) is 3.37. The molecule has 3 rings (SSSR count). The van der Waals surface area contributed by atoms with Crippen molar-refractivity contribution in [3.63, 3.8) is 0 Å². The molecule has 3 aromatic rings. The van der Waals surface area contributed by atoms with Gasteiger partial charge in [0.05, 0.1) is 29.5 Å². The van der Waals surface area contributed by atoms with Crippen LogP contribution >= 0.6 is 27.7 Å². The molecule has 0 atom stereocenters. The lowest BCUT2D eigenvalue weighted by Gasteiger charge is -2.13. The van der Waals surface area contributed by atoms with Gasteiger partial charge in [0, 0.05) is 4.47 Å². The topological polar surface area (TPSA) is 61.2 Å². The number of carbonyl (C=O) groups is 1. The number of carbonyl (C=O) groups excluding carboxylic acids is 1. The number of aromatic nitrogens is 2. The fourth-order valence-electron chi connectivity index (χ4n) is 2.21. The highest BCUT2D eigenvalue weighted by molar-refractivity contribution is 9.10. The van der Waals surface area contributed by atoms with Crippen LogP contribution in [-0.2, 0) is 9.53 Å².